The molecule has 3 aliphatic heterocycles. The second kappa shape index (κ2) is 15.8. The molecule has 0 radical (unpaired) electrons. The molecule has 1 aromatic heterocycles. The van der Waals surface area contributed by atoms with Crippen molar-refractivity contribution in [3.63, 3.8) is 0 Å². The molecule has 1 N–H and O–H groups in total. The maximum Gasteiger partial charge on any atom is 0.321 e. The highest BCUT2D eigenvalue weighted by Crippen LogP contribution is 2.33. The van der Waals surface area contributed by atoms with Gasteiger partial charge in [0.15, 0.2) is 0 Å². The molecular formula is C34H44FN5O5. The van der Waals surface area contributed by atoms with E-state index in [0.717, 1.165) is 56.5 Å². The smallest absolute Gasteiger partial charge is 0.321 e. The molecule has 4 heterocycles. The van der Waals surface area contributed by atoms with Crippen molar-refractivity contribution in [1.29, 1.82) is 0 Å². The molecule has 0 unspecified atom stereocenters. The Bertz CT molecular complexity index is 1370. The number of amides is 3. The van der Waals surface area contributed by atoms with Gasteiger partial charge in [-0.3, -0.25) is 14.5 Å². The number of piperidine rings is 1. The number of nitrogens with zero attached hydrogens (tertiary/aromatic N) is 4. The summed E-state index contributed by atoms with van der Waals surface area (Å²) in [5, 5.41) is 0. The number of carbonyl (C=O) groups excluding carboxylic acids is 2. The molecule has 0 bridgehead atoms. The third kappa shape index (κ3) is 8.16. The minimum Gasteiger partial charge on any atom is -0.439 e. The van der Waals surface area contributed by atoms with Crippen LogP contribution in [0.15, 0.2) is 78.8 Å². The van der Waals surface area contributed by atoms with Gasteiger partial charge in [0, 0.05) is 70.7 Å². The second-order valence-corrected chi connectivity index (χ2v) is 11.4. The summed E-state index contributed by atoms with van der Waals surface area (Å²) in [5.41, 5.74) is 4.85. The van der Waals surface area contributed by atoms with E-state index >= 15 is 0 Å². The van der Waals surface area contributed by atoms with E-state index in [1.54, 1.807) is 30.3 Å². The number of nitrogens with one attached hydrogen (secondary N) is 1. The number of allylic oxidation sites excluding steroid dienone is 3. The molecule has 1 atom stereocenters. The van der Waals surface area contributed by atoms with Gasteiger partial charge in [-0.25, -0.2) is 19.6 Å². The number of pyridine rings is 1. The Morgan fingerprint density at radius 1 is 1.09 bits per heavy atom. The maximum atomic E-state index is 13.9. The van der Waals surface area contributed by atoms with Crippen LogP contribution in [-0.4, -0.2) is 89.7 Å². The fourth-order valence-electron chi connectivity index (χ4n) is 6.35. The van der Waals surface area contributed by atoms with Crippen LogP contribution in [0.1, 0.15) is 50.0 Å². The predicted molar refractivity (Wildman–Crippen MR) is 170 cm³/mol. The van der Waals surface area contributed by atoms with Crippen molar-refractivity contribution in [3.8, 4) is 11.6 Å². The summed E-state index contributed by atoms with van der Waals surface area (Å²) in [6.07, 6.45) is 12.8. The standard InChI is InChI=1S/C34H42FN5O5.H2/c1-3-26(6-4-5-17-35)31-24-39(28-15-20-44-21-16-28)34(42)40(31)29-13-18-38(19-14-29)23-25-7-12-32(36-22-25)45-30-10-8-27(9-11-30)33(41)37-43-2;/h3-12,17,22,28-29,31H,13-16,18-21,23-24H2,1-2H3,(H,37,41);1H/b6-4-,17-5+,26-3+;/t31-;/m0./s1. The highest BCUT2D eigenvalue weighted by Gasteiger charge is 2.45. The van der Waals surface area contributed by atoms with Crippen LogP contribution in [0.2, 0.25) is 0 Å². The van der Waals surface area contributed by atoms with Crippen molar-refractivity contribution in [2.24, 2.45) is 0 Å². The average molecular weight is 622 g/mol. The number of rotatable bonds is 11. The Labute approximate surface area is 265 Å². The van der Waals surface area contributed by atoms with E-state index < -0.39 is 0 Å². The van der Waals surface area contributed by atoms with E-state index in [4.69, 9.17) is 9.47 Å². The largest absolute Gasteiger partial charge is 0.439 e. The highest BCUT2D eigenvalue weighted by atomic mass is 19.1. The quantitative estimate of drug-likeness (QED) is 0.256. The molecular weight excluding hydrogens is 577 g/mol. The third-order valence-corrected chi connectivity index (χ3v) is 8.68. The van der Waals surface area contributed by atoms with Gasteiger partial charge in [0.1, 0.15) is 5.75 Å². The predicted octanol–water partition coefficient (Wildman–Crippen LogP) is 5.65. The Kier molecular flexibility index (Phi) is 11.3. The Balaban J connectivity index is 0.00000480. The van der Waals surface area contributed by atoms with Gasteiger partial charge < -0.3 is 19.3 Å². The first-order valence-electron chi connectivity index (χ1n) is 15.6. The van der Waals surface area contributed by atoms with Crippen LogP contribution in [0.5, 0.6) is 11.6 Å². The van der Waals surface area contributed by atoms with E-state index in [-0.39, 0.29) is 31.5 Å². The van der Waals surface area contributed by atoms with Crippen LogP contribution in [0.25, 0.3) is 0 Å². The Morgan fingerprint density at radius 3 is 2.49 bits per heavy atom. The number of urea groups is 1. The second-order valence-electron chi connectivity index (χ2n) is 11.4. The van der Waals surface area contributed by atoms with Crippen LogP contribution in [0.4, 0.5) is 9.18 Å². The first kappa shape index (κ1) is 32.3. The molecule has 1 aromatic carbocycles. The molecule has 242 valence electrons. The van der Waals surface area contributed by atoms with Crippen molar-refractivity contribution in [2.75, 3.05) is 40.0 Å². The number of benzene rings is 1. The summed E-state index contributed by atoms with van der Waals surface area (Å²) in [6, 6.07) is 10.9. The minimum atomic E-state index is -0.332. The lowest BCUT2D eigenvalue weighted by Gasteiger charge is -2.39. The van der Waals surface area contributed by atoms with Gasteiger partial charge in [-0.1, -0.05) is 24.3 Å². The topological polar surface area (TPSA) is 96.5 Å². The molecule has 0 saturated carbocycles. The monoisotopic (exact) mass is 621 g/mol. The van der Waals surface area contributed by atoms with Crippen LogP contribution in [0.3, 0.4) is 0 Å². The summed E-state index contributed by atoms with van der Waals surface area (Å²) < 4.78 is 24.1. The van der Waals surface area contributed by atoms with E-state index in [0.29, 0.717) is 43.3 Å². The zero-order valence-corrected chi connectivity index (χ0v) is 25.9. The Hall–Kier alpha value is -4.06. The van der Waals surface area contributed by atoms with E-state index in [1.807, 2.05) is 42.3 Å². The molecule has 0 spiro atoms. The van der Waals surface area contributed by atoms with Gasteiger partial charge >= 0.3 is 6.03 Å². The fraction of sp³-hybridized carbons (Fsp3) is 0.441. The lowest BCUT2D eigenvalue weighted by molar-refractivity contribution is 0.0493. The third-order valence-electron chi connectivity index (χ3n) is 8.68. The summed E-state index contributed by atoms with van der Waals surface area (Å²) in [7, 11) is 1.39. The SMILES string of the molecule is C\C=C(/C=C\C=C\F)[C@@H]1CN(C2CCOCC2)C(=O)N1C1CCN(Cc2ccc(Oc3ccc(C(=O)NOC)cc3)nc2)CC1.[HH]. The molecule has 11 heteroatoms. The first-order valence-corrected chi connectivity index (χ1v) is 15.6. The van der Waals surface area contributed by atoms with Gasteiger partial charge in [0.25, 0.3) is 5.91 Å². The van der Waals surface area contributed by atoms with Gasteiger partial charge in [-0.15, -0.1) is 0 Å². The van der Waals surface area contributed by atoms with Gasteiger partial charge in [-0.2, -0.15) is 0 Å². The lowest BCUT2D eigenvalue weighted by Crippen LogP contribution is -2.50. The van der Waals surface area contributed by atoms with Crippen LogP contribution in [0, 0.1) is 0 Å². The molecule has 5 rings (SSSR count). The summed E-state index contributed by atoms with van der Waals surface area (Å²) in [4.78, 5) is 41.4. The van der Waals surface area contributed by atoms with Crippen LogP contribution in [-0.2, 0) is 16.1 Å². The number of hydrogen-bond donors (Lipinski definition) is 1. The molecule has 3 amide bonds. The number of aromatic nitrogens is 1. The molecule has 3 aliphatic rings. The minimum absolute atomic E-state index is 0. The van der Waals surface area contributed by atoms with E-state index in [2.05, 4.69) is 25.1 Å². The number of halogens is 1. The average Bonchev–Trinajstić information content (AvgIpc) is 3.41. The highest BCUT2D eigenvalue weighted by molar-refractivity contribution is 5.93. The summed E-state index contributed by atoms with van der Waals surface area (Å²) in [5.74, 6) is 0.712. The van der Waals surface area contributed by atoms with Crippen LogP contribution < -0.4 is 10.2 Å². The number of hydrogen-bond acceptors (Lipinski definition) is 7. The molecule has 10 nitrogen and oxygen atoms in total. The number of ether oxygens (including phenoxy) is 2. The van der Waals surface area contributed by atoms with Gasteiger partial charge in [-0.05, 0) is 74.1 Å². The fourth-order valence-corrected chi connectivity index (χ4v) is 6.35. The molecule has 2 aromatic rings. The number of carbonyl (C=O) groups is 2. The normalized spacial score (nSPS) is 20.9. The van der Waals surface area contributed by atoms with Crippen molar-refractivity contribution in [1.82, 2.24) is 25.2 Å². The van der Waals surface area contributed by atoms with E-state index in [1.165, 1.54) is 13.2 Å². The first-order chi connectivity index (χ1) is 22.0. The van der Waals surface area contributed by atoms with E-state index in [9.17, 15) is 14.0 Å². The lowest BCUT2D eigenvalue weighted by atomic mass is 9.98. The summed E-state index contributed by atoms with van der Waals surface area (Å²) in [6.45, 7) is 6.47. The van der Waals surface area contributed by atoms with Crippen LogP contribution >= 0.6 is 0 Å². The number of hydroxylamine groups is 1. The van der Waals surface area contributed by atoms with Gasteiger partial charge in [0.2, 0.25) is 5.88 Å². The molecule has 0 aliphatic carbocycles. The molecule has 3 saturated heterocycles. The van der Waals surface area contributed by atoms with Crippen molar-refractivity contribution < 1.29 is 29.7 Å². The number of likely N-dealkylation sites (tertiary alicyclic amines) is 1. The maximum absolute atomic E-state index is 13.9. The summed E-state index contributed by atoms with van der Waals surface area (Å²) >= 11 is 0. The van der Waals surface area contributed by atoms with Crippen molar-refractivity contribution >= 4 is 11.9 Å². The van der Waals surface area contributed by atoms with Crippen molar-refractivity contribution in [2.45, 2.75) is 57.3 Å². The molecule has 45 heavy (non-hydrogen) atoms. The van der Waals surface area contributed by atoms with Crippen molar-refractivity contribution in [3.05, 3.63) is 89.9 Å². The zero-order valence-electron chi connectivity index (χ0n) is 25.9. The zero-order chi connectivity index (χ0) is 31.6. The van der Waals surface area contributed by atoms with Gasteiger partial charge in [0.05, 0.1) is 19.5 Å². The molecule has 3 fully saturated rings. The Morgan fingerprint density at radius 2 is 1.84 bits per heavy atom.